The van der Waals surface area contributed by atoms with Gasteiger partial charge < -0.3 is 9.84 Å². The Labute approximate surface area is 77.7 Å². The molecule has 72 valence electrons. The second-order valence-corrected chi connectivity index (χ2v) is 3.91. The average Bonchev–Trinajstić information content (AvgIpc) is 1.82. The molecule has 0 fully saturated rings. The van der Waals surface area contributed by atoms with Crippen molar-refractivity contribution in [3.8, 4) is 0 Å². The predicted octanol–water partition coefficient (Wildman–Crippen LogP) is 1.88. The Bertz CT molecular complexity index is 151. The molecule has 0 aliphatic carbocycles. The summed E-state index contributed by atoms with van der Waals surface area (Å²) >= 11 is 5.53. The van der Waals surface area contributed by atoms with Crippen LogP contribution in [0.1, 0.15) is 27.2 Å². The van der Waals surface area contributed by atoms with E-state index in [0.717, 1.165) is 0 Å². The summed E-state index contributed by atoms with van der Waals surface area (Å²) < 4.78 is 5.38. The Kier molecular flexibility index (Phi) is 4.57. The van der Waals surface area contributed by atoms with Crippen molar-refractivity contribution in [2.24, 2.45) is 0 Å². The molecule has 0 aliphatic heterocycles. The Hall–Kier alpha value is -0.280. The summed E-state index contributed by atoms with van der Waals surface area (Å²) in [6.45, 7) is 5.61. The normalized spacial score (nSPS) is 14.3. The predicted molar refractivity (Wildman–Crippen MR) is 47.6 cm³/mol. The molecule has 1 N–H and O–H groups in total. The Balaban J connectivity index is 3.92. The van der Waals surface area contributed by atoms with Crippen LogP contribution in [0.2, 0.25) is 0 Å². The van der Waals surface area contributed by atoms with Crippen molar-refractivity contribution >= 4 is 17.6 Å². The number of alkyl halides is 1. The van der Waals surface area contributed by atoms with Gasteiger partial charge in [0.25, 0.3) is 0 Å². The molecule has 0 bridgehead atoms. The van der Waals surface area contributed by atoms with Crippen molar-refractivity contribution in [3.63, 3.8) is 0 Å². The van der Waals surface area contributed by atoms with E-state index in [1.54, 1.807) is 0 Å². The van der Waals surface area contributed by atoms with Gasteiger partial charge in [0, 0.05) is 5.88 Å². The Morgan fingerprint density at radius 3 is 2.33 bits per heavy atom. The van der Waals surface area contributed by atoms with Gasteiger partial charge in [0.15, 0.2) is 0 Å². The maximum atomic E-state index is 10.3. The van der Waals surface area contributed by atoms with Crippen molar-refractivity contribution in [1.82, 2.24) is 0 Å². The molecular weight excluding hydrogens is 180 g/mol. The Morgan fingerprint density at radius 2 is 2.08 bits per heavy atom. The van der Waals surface area contributed by atoms with Crippen LogP contribution in [0, 0.1) is 0 Å². The van der Waals surface area contributed by atoms with E-state index >= 15 is 0 Å². The third kappa shape index (κ3) is 6.43. The summed E-state index contributed by atoms with van der Waals surface area (Å²) in [7, 11) is 0. The Morgan fingerprint density at radius 1 is 1.58 bits per heavy atom. The molecule has 0 aromatic heterocycles. The van der Waals surface area contributed by atoms with Gasteiger partial charge in [-0.05, 0) is 20.8 Å². The van der Waals surface area contributed by atoms with Crippen LogP contribution in [-0.2, 0) is 9.53 Å². The largest absolute Gasteiger partial charge is 0.481 e. The molecule has 0 saturated carbocycles. The highest BCUT2D eigenvalue weighted by Gasteiger charge is 2.20. The molecule has 0 aromatic rings. The number of rotatable bonds is 4. The van der Waals surface area contributed by atoms with Crippen molar-refractivity contribution in [3.05, 3.63) is 0 Å². The third-order valence-corrected chi connectivity index (χ3v) is 1.44. The highest BCUT2D eigenvalue weighted by Crippen LogP contribution is 2.14. The minimum absolute atomic E-state index is 0.0409. The molecular formula is C8H15ClO3. The minimum Gasteiger partial charge on any atom is -0.481 e. The fourth-order valence-corrected chi connectivity index (χ4v) is 0.995. The smallest absolute Gasteiger partial charge is 0.306 e. The van der Waals surface area contributed by atoms with Gasteiger partial charge in [-0.25, -0.2) is 0 Å². The molecule has 1 atom stereocenters. The van der Waals surface area contributed by atoms with E-state index < -0.39 is 12.1 Å². The average molecular weight is 195 g/mol. The number of hydrogen-bond donors (Lipinski definition) is 1. The number of carboxylic acid groups (broad SMARTS) is 1. The number of carbonyl (C=O) groups is 1. The van der Waals surface area contributed by atoms with Crippen LogP contribution < -0.4 is 0 Å². The number of carboxylic acids is 1. The van der Waals surface area contributed by atoms with Gasteiger partial charge in [0.1, 0.15) is 0 Å². The lowest BCUT2D eigenvalue weighted by atomic mass is 10.1. The summed E-state index contributed by atoms with van der Waals surface area (Å²) in [4.78, 5) is 10.3. The fourth-order valence-electron chi connectivity index (χ4n) is 0.822. The number of ether oxygens (including phenoxy) is 1. The lowest BCUT2D eigenvalue weighted by Crippen LogP contribution is -2.30. The summed E-state index contributed by atoms with van der Waals surface area (Å²) in [5.41, 5.74) is -0.338. The molecule has 0 unspecified atom stereocenters. The van der Waals surface area contributed by atoms with E-state index in [-0.39, 0.29) is 17.9 Å². The van der Waals surface area contributed by atoms with Gasteiger partial charge in [-0.2, -0.15) is 0 Å². The molecule has 12 heavy (non-hydrogen) atoms. The first-order chi connectivity index (χ1) is 5.35. The summed E-state index contributed by atoms with van der Waals surface area (Å²) in [5, 5.41) is 8.47. The monoisotopic (exact) mass is 194 g/mol. The van der Waals surface area contributed by atoms with Crippen LogP contribution in [-0.4, -0.2) is 28.7 Å². The van der Waals surface area contributed by atoms with Crippen LogP contribution in [0.5, 0.6) is 0 Å². The SMILES string of the molecule is CC(C)(C)O[C@H](CCl)CC(=O)O. The highest BCUT2D eigenvalue weighted by molar-refractivity contribution is 6.18. The van der Waals surface area contributed by atoms with E-state index in [4.69, 9.17) is 21.4 Å². The number of halogens is 1. The third-order valence-electron chi connectivity index (χ3n) is 1.09. The second kappa shape index (κ2) is 4.67. The van der Waals surface area contributed by atoms with Gasteiger partial charge in [-0.15, -0.1) is 11.6 Å². The quantitative estimate of drug-likeness (QED) is 0.696. The molecule has 0 saturated heterocycles. The van der Waals surface area contributed by atoms with Gasteiger partial charge >= 0.3 is 5.97 Å². The first-order valence-corrected chi connectivity index (χ1v) is 4.34. The molecule has 3 nitrogen and oxygen atoms in total. The zero-order valence-corrected chi connectivity index (χ0v) is 8.39. The topological polar surface area (TPSA) is 46.5 Å². The van der Waals surface area contributed by atoms with E-state index in [1.807, 2.05) is 20.8 Å². The van der Waals surface area contributed by atoms with Crippen molar-refractivity contribution < 1.29 is 14.6 Å². The van der Waals surface area contributed by atoms with Gasteiger partial charge in [0.05, 0.1) is 18.1 Å². The van der Waals surface area contributed by atoms with Gasteiger partial charge in [-0.1, -0.05) is 0 Å². The van der Waals surface area contributed by atoms with E-state index in [1.165, 1.54) is 0 Å². The van der Waals surface area contributed by atoms with Gasteiger partial charge in [0.2, 0.25) is 0 Å². The van der Waals surface area contributed by atoms with Crippen LogP contribution in [0.15, 0.2) is 0 Å². The van der Waals surface area contributed by atoms with Crippen LogP contribution in [0.3, 0.4) is 0 Å². The lowest BCUT2D eigenvalue weighted by molar-refractivity contribution is -0.142. The first-order valence-electron chi connectivity index (χ1n) is 3.80. The van der Waals surface area contributed by atoms with Gasteiger partial charge in [-0.3, -0.25) is 4.79 Å². The zero-order chi connectivity index (χ0) is 9.78. The number of hydrogen-bond acceptors (Lipinski definition) is 2. The van der Waals surface area contributed by atoms with Crippen molar-refractivity contribution in [2.45, 2.75) is 38.9 Å². The highest BCUT2D eigenvalue weighted by atomic mass is 35.5. The maximum absolute atomic E-state index is 10.3. The minimum atomic E-state index is -0.884. The van der Waals surface area contributed by atoms with Crippen LogP contribution in [0.4, 0.5) is 0 Å². The molecule has 0 aromatic carbocycles. The molecule has 0 aliphatic rings. The molecule has 4 heteroatoms. The van der Waals surface area contributed by atoms with Crippen LogP contribution in [0.25, 0.3) is 0 Å². The second-order valence-electron chi connectivity index (χ2n) is 3.60. The van der Waals surface area contributed by atoms with E-state index in [9.17, 15) is 4.79 Å². The maximum Gasteiger partial charge on any atom is 0.306 e. The number of aliphatic carboxylic acids is 1. The fraction of sp³-hybridized carbons (Fsp3) is 0.875. The molecule has 0 radical (unpaired) electrons. The first kappa shape index (κ1) is 11.7. The van der Waals surface area contributed by atoms with E-state index in [0.29, 0.717) is 0 Å². The standard InChI is InChI=1S/C8H15ClO3/c1-8(2,3)12-6(5-9)4-7(10)11/h6H,4-5H2,1-3H3,(H,10,11)/t6-/m0/s1. The molecule has 0 rings (SSSR count). The lowest BCUT2D eigenvalue weighted by Gasteiger charge is -2.25. The summed E-state index contributed by atoms with van der Waals surface area (Å²) in [6, 6.07) is 0. The summed E-state index contributed by atoms with van der Waals surface area (Å²) in [5.74, 6) is -0.672. The molecule has 0 heterocycles. The summed E-state index contributed by atoms with van der Waals surface area (Å²) in [6.07, 6.45) is -0.440. The van der Waals surface area contributed by atoms with Crippen LogP contribution >= 0.6 is 11.6 Å². The molecule has 0 spiro atoms. The van der Waals surface area contributed by atoms with Crippen molar-refractivity contribution in [1.29, 1.82) is 0 Å². The van der Waals surface area contributed by atoms with Crippen molar-refractivity contribution in [2.75, 3.05) is 5.88 Å². The molecule has 0 amide bonds. The van der Waals surface area contributed by atoms with E-state index in [2.05, 4.69) is 0 Å². The zero-order valence-electron chi connectivity index (χ0n) is 7.63.